The molecule has 0 aromatic heterocycles. The van der Waals surface area contributed by atoms with Gasteiger partial charge in [0.2, 0.25) is 0 Å². The third kappa shape index (κ3) is 9.18. The second kappa shape index (κ2) is 12.1. The van der Waals surface area contributed by atoms with Crippen molar-refractivity contribution in [1.82, 2.24) is 10.6 Å². The standard InChI is InChI=1S/C15H24FN3S.HI/c1-4-17-15(19-11-12(2)20-3)18-9-8-13-6-5-7-14(16)10-13;/h5-7,10,12H,4,8-9,11H2,1-3H3,(H2,17,18,19);1H. The van der Waals surface area contributed by atoms with Crippen LogP contribution >= 0.6 is 35.7 Å². The first-order valence-corrected chi connectivity index (χ1v) is 8.24. The molecule has 21 heavy (non-hydrogen) atoms. The lowest BCUT2D eigenvalue weighted by molar-refractivity contribution is 0.625. The molecule has 2 N–H and O–H groups in total. The Balaban J connectivity index is 0.00000400. The van der Waals surface area contributed by atoms with E-state index in [4.69, 9.17) is 0 Å². The Morgan fingerprint density at radius 3 is 2.76 bits per heavy atom. The largest absolute Gasteiger partial charge is 0.357 e. The predicted octanol–water partition coefficient (Wildman–Crippen LogP) is 3.29. The normalized spacial score (nSPS) is 12.5. The Bertz CT molecular complexity index is 429. The number of halogens is 2. The van der Waals surface area contributed by atoms with Gasteiger partial charge in [-0.15, -0.1) is 24.0 Å². The molecular weight excluding hydrogens is 400 g/mol. The van der Waals surface area contributed by atoms with Crippen LogP contribution in [0.4, 0.5) is 4.39 Å². The molecule has 6 heteroatoms. The quantitative estimate of drug-likeness (QED) is 0.400. The molecule has 0 spiro atoms. The van der Waals surface area contributed by atoms with Gasteiger partial charge in [0, 0.05) is 18.3 Å². The number of aliphatic imine (C=N–C) groups is 1. The van der Waals surface area contributed by atoms with Crippen molar-refractivity contribution >= 4 is 41.7 Å². The topological polar surface area (TPSA) is 36.4 Å². The molecule has 120 valence electrons. The number of hydrogen-bond donors (Lipinski definition) is 2. The van der Waals surface area contributed by atoms with Crippen molar-refractivity contribution in [1.29, 1.82) is 0 Å². The summed E-state index contributed by atoms with van der Waals surface area (Å²) in [6, 6.07) is 6.71. The SMILES string of the molecule is CCNC(=NCC(C)SC)NCCc1cccc(F)c1.I. The van der Waals surface area contributed by atoms with Gasteiger partial charge in [0.15, 0.2) is 5.96 Å². The molecule has 0 radical (unpaired) electrons. The molecular formula is C15H25FIN3S. The van der Waals surface area contributed by atoms with E-state index in [1.807, 2.05) is 13.0 Å². The second-order valence-electron chi connectivity index (χ2n) is 4.57. The maximum atomic E-state index is 13.1. The van der Waals surface area contributed by atoms with Crippen molar-refractivity contribution in [3.05, 3.63) is 35.6 Å². The van der Waals surface area contributed by atoms with Gasteiger partial charge in [-0.1, -0.05) is 19.1 Å². The van der Waals surface area contributed by atoms with Crippen LogP contribution in [-0.2, 0) is 6.42 Å². The van der Waals surface area contributed by atoms with Crippen LogP contribution in [-0.4, -0.2) is 37.1 Å². The smallest absolute Gasteiger partial charge is 0.191 e. The van der Waals surface area contributed by atoms with Crippen LogP contribution < -0.4 is 10.6 Å². The Kier molecular flexibility index (Phi) is 11.8. The number of hydrogen-bond acceptors (Lipinski definition) is 2. The van der Waals surface area contributed by atoms with Crippen LogP contribution in [0.1, 0.15) is 19.4 Å². The zero-order valence-electron chi connectivity index (χ0n) is 12.9. The lowest BCUT2D eigenvalue weighted by Gasteiger charge is -2.12. The van der Waals surface area contributed by atoms with E-state index in [1.54, 1.807) is 23.9 Å². The lowest BCUT2D eigenvalue weighted by Crippen LogP contribution is -2.38. The summed E-state index contributed by atoms with van der Waals surface area (Å²) in [6.45, 7) is 6.56. The lowest BCUT2D eigenvalue weighted by atomic mass is 10.1. The molecule has 3 nitrogen and oxygen atoms in total. The van der Waals surface area contributed by atoms with Gasteiger partial charge in [-0.2, -0.15) is 11.8 Å². The maximum absolute atomic E-state index is 13.1. The highest BCUT2D eigenvalue weighted by atomic mass is 127. The highest BCUT2D eigenvalue weighted by Crippen LogP contribution is 2.05. The minimum absolute atomic E-state index is 0. The van der Waals surface area contributed by atoms with Crippen molar-refractivity contribution in [2.24, 2.45) is 4.99 Å². The summed E-state index contributed by atoms with van der Waals surface area (Å²) in [5.74, 6) is 0.640. The molecule has 1 atom stereocenters. The van der Waals surface area contributed by atoms with Crippen molar-refractivity contribution in [3.63, 3.8) is 0 Å². The number of nitrogens with one attached hydrogen (secondary N) is 2. The number of guanidine groups is 1. The third-order valence-corrected chi connectivity index (χ3v) is 3.80. The number of nitrogens with zero attached hydrogens (tertiary/aromatic N) is 1. The first-order chi connectivity index (χ1) is 9.65. The maximum Gasteiger partial charge on any atom is 0.191 e. The van der Waals surface area contributed by atoms with Gasteiger partial charge in [0.05, 0.1) is 6.54 Å². The molecule has 0 amide bonds. The minimum Gasteiger partial charge on any atom is -0.357 e. The summed E-state index contributed by atoms with van der Waals surface area (Å²) in [5.41, 5.74) is 0.992. The zero-order valence-corrected chi connectivity index (χ0v) is 16.0. The minimum atomic E-state index is -0.183. The summed E-state index contributed by atoms with van der Waals surface area (Å²) >= 11 is 1.80. The molecule has 0 heterocycles. The third-order valence-electron chi connectivity index (χ3n) is 2.85. The van der Waals surface area contributed by atoms with Crippen LogP contribution in [0.2, 0.25) is 0 Å². The Hall–Kier alpha value is -0.500. The van der Waals surface area contributed by atoms with Crippen LogP contribution in [0.3, 0.4) is 0 Å². The fraction of sp³-hybridized carbons (Fsp3) is 0.533. The van der Waals surface area contributed by atoms with Gasteiger partial charge in [0.1, 0.15) is 5.82 Å². The summed E-state index contributed by atoms with van der Waals surface area (Å²) in [7, 11) is 0. The Labute approximate surface area is 148 Å². The summed E-state index contributed by atoms with van der Waals surface area (Å²) < 4.78 is 13.1. The summed E-state index contributed by atoms with van der Waals surface area (Å²) in [4.78, 5) is 4.53. The second-order valence-corrected chi connectivity index (χ2v) is 5.85. The zero-order chi connectivity index (χ0) is 14.8. The van der Waals surface area contributed by atoms with Crippen molar-refractivity contribution < 1.29 is 4.39 Å². The van der Waals surface area contributed by atoms with Crippen LogP contribution in [0.5, 0.6) is 0 Å². The average Bonchev–Trinajstić information content (AvgIpc) is 2.44. The first kappa shape index (κ1) is 20.5. The van der Waals surface area contributed by atoms with E-state index in [9.17, 15) is 4.39 Å². The number of thioether (sulfide) groups is 1. The molecule has 0 aliphatic carbocycles. The van der Waals surface area contributed by atoms with E-state index in [2.05, 4.69) is 28.8 Å². The Morgan fingerprint density at radius 2 is 2.14 bits per heavy atom. The molecule has 0 aliphatic heterocycles. The van der Waals surface area contributed by atoms with Crippen molar-refractivity contribution in [2.45, 2.75) is 25.5 Å². The van der Waals surface area contributed by atoms with Crippen molar-refractivity contribution in [2.75, 3.05) is 25.9 Å². The fourth-order valence-electron chi connectivity index (χ4n) is 1.65. The number of rotatable bonds is 7. The molecule has 1 aromatic carbocycles. The van der Waals surface area contributed by atoms with E-state index < -0.39 is 0 Å². The van der Waals surface area contributed by atoms with Gasteiger partial charge >= 0.3 is 0 Å². The van der Waals surface area contributed by atoms with Gasteiger partial charge < -0.3 is 10.6 Å². The molecule has 0 saturated heterocycles. The molecule has 0 saturated carbocycles. The monoisotopic (exact) mass is 425 g/mol. The fourth-order valence-corrected chi connectivity index (χ4v) is 1.88. The van der Waals surface area contributed by atoms with E-state index in [0.29, 0.717) is 5.25 Å². The highest BCUT2D eigenvalue weighted by Gasteiger charge is 2.01. The van der Waals surface area contributed by atoms with Gasteiger partial charge in [-0.05, 0) is 37.3 Å². The molecule has 1 unspecified atom stereocenters. The van der Waals surface area contributed by atoms with Gasteiger partial charge in [0.25, 0.3) is 0 Å². The Morgan fingerprint density at radius 1 is 1.38 bits per heavy atom. The summed E-state index contributed by atoms with van der Waals surface area (Å²) in [5, 5.41) is 7.00. The van der Waals surface area contributed by atoms with Gasteiger partial charge in [-0.25, -0.2) is 4.39 Å². The highest BCUT2D eigenvalue weighted by molar-refractivity contribution is 14.0. The van der Waals surface area contributed by atoms with E-state index in [-0.39, 0.29) is 29.8 Å². The van der Waals surface area contributed by atoms with Crippen LogP contribution in [0.15, 0.2) is 29.3 Å². The molecule has 0 fully saturated rings. The van der Waals surface area contributed by atoms with E-state index in [0.717, 1.165) is 37.6 Å². The summed E-state index contributed by atoms with van der Waals surface area (Å²) in [6.07, 6.45) is 2.87. The average molecular weight is 425 g/mol. The number of benzene rings is 1. The first-order valence-electron chi connectivity index (χ1n) is 6.95. The molecule has 0 aliphatic rings. The van der Waals surface area contributed by atoms with E-state index in [1.165, 1.54) is 6.07 Å². The van der Waals surface area contributed by atoms with Crippen LogP contribution in [0.25, 0.3) is 0 Å². The van der Waals surface area contributed by atoms with Crippen LogP contribution in [0, 0.1) is 5.82 Å². The predicted molar refractivity (Wildman–Crippen MR) is 102 cm³/mol. The molecule has 1 rings (SSSR count). The van der Waals surface area contributed by atoms with Gasteiger partial charge in [-0.3, -0.25) is 4.99 Å². The molecule has 0 bridgehead atoms. The van der Waals surface area contributed by atoms with E-state index >= 15 is 0 Å². The molecule has 1 aromatic rings. The van der Waals surface area contributed by atoms with Crippen molar-refractivity contribution in [3.8, 4) is 0 Å².